The van der Waals surface area contributed by atoms with Crippen molar-refractivity contribution in [3.8, 4) is 11.8 Å². The predicted octanol–water partition coefficient (Wildman–Crippen LogP) is 5.84. The molecule has 0 unspecified atom stereocenters. The molecule has 2 heterocycles. The van der Waals surface area contributed by atoms with Gasteiger partial charge in [0.25, 0.3) is 5.56 Å². The molecular weight excluding hydrogens is 497 g/mol. The van der Waals surface area contributed by atoms with E-state index in [0.717, 1.165) is 25.7 Å². The van der Waals surface area contributed by atoms with Crippen molar-refractivity contribution in [3.63, 3.8) is 0 Å². The van der Waals surface area contributed by atoms with Crippen molar-refractivity contribution >= 4 is 22.4 Å². The molecule has 0 spiro atoms. The highest BCUT2D eigenvalue weighted by Crippen LogP contribution is 2.41. The van der Waals surface area contributed by atoms with Gasteiger partial charge < -0.3 is 20.4 Å². The Bertz CT molecular complexity index is 1340. The van der Waals surface area contributed by atoms with E-state index in [1.807, 2.05) is 4.68 Å². The van der Waals surface area contributed by atoms with Gasteiger partial charge in [0.15, 0.2) is 5.82 Å². The van der Waals surface area contributed by atoms with Gasteiger partial charge in [0, 0.05) is 24.0 Å². The zero-order valence-corrected chi connectivity index (χ0v) is 21.0. The van der Waals surface area contributed by atoms with Crippen LogP contribution in [0.2, 0.25) is 0 Å². The molecule has 202 valence electrons. The molecule has 3 aromatic rings. The van der Waals surface area contributed by atoms with Crippen LogP contribution < -0.4 is 20.9 Å². The number of nitrogens with zero attached hydrogens (tertiary/aromatic N) is 3. The first-order valence-electron chi connectivity index (χ1n) is 13.1. The predicted molar refractivity (Wildman–Crippen MR) is 137 cm³/mol. The van der Waals surface area contributed by atoms with E-state index in [1.54, 1.807) is 12.3 Å². The summed E-state index contributed by atoms with van der Waals surface area (Å²) in [5.41, 5.74) is 0.162. The summed E-state index contributed by atoms with van der Waals surface area (Å²) in [6.45, 7) is 0. The van der Waals surface area contributed by atoms with Gasteiger partial charge in [0.05, 0.1) is 23.5 Å². The molecule has 2 aliphatic rings. The van der Waals surface area contributed by atoms with Crippen molar-refractivity contribution in [2.45, 2.75) is 88.2 Å². The van der Waals surface area contributed by atoms with Crippen LogP contribution in [0.3, 0.4) is 0 Å². The van der Waals surface area contributed by atoms with Crippen molar-refractivity contribution in [1.29, 1.82) is 5.26 Å². The Morgan fingerprint density at radius 1 is 1.08 bits per heavy atom. The van der Waals surface area contributed by atoms with Crippen LogP contribution in [0.5, 0.6) is 5.75 Å². The van der Waals surface area contributed by atoms with Crippen LogP contribution in [0.25, 0.3) is 10.9 Å². The van der Waals surface area contributed by atoms with Crippen LogP contribution in [0.4, 0.5) is 24.7 Å². The quantitative estimate of drug-likeness (QED) is 0.356. The summed E-state index contributed by atoms with van der Waals surface area (Å²) in [5.74, 6) is -0.0611. The normalized spacial score (nSPS) is 22.7. The topological polar surface area (TPSA) is 108 Å². The molecule has 2 aliphatic carbocycles. The van der Waals surface area contributed by atoms with E-state index >= 15 is 0 Å². The highest BCUT2D eigenvalue weighted by atomic mass is 19.4. The molecule has 5 rings (SSSR count). The van der Waals surface area contributed by atoms with Crippen molar-refractivity contribution in [3.05, 3.63) is 46.9 Å². The fourth-order valence-corrected chi connectivity index (χ4v) is 5.94. The molecule has 0 aliphatic heterocycles. The van der Waals surface area contributed by atoms with Crippen LogP contribution in [0.1, 0.15) is 64.2 Å². The Balaban J connectivity index is 1.41. The van der Waals surface area contributed by atoms with Crippen LogP contribution in [0.15, 0.2) is 41.3 Å². The number of aromatic nitrogens is 3. The molecule has 11 heteroatoms. The smallest absolute Gasteiger partial charge is 0.406 e. The monoisotopic (exact) mass is 528 g/mol. The molecule has 2 saturated carbocycles. The summed E-state index contributed by atoms with van der Waals surface area (Å²) in [6, 6.07) is 10.3. The number of alkyl halides is 3. The number of halogens is 3. The number of hydrogen-bond acceptors (Lipinski definition) is 6. The average molecular weight is 529 g/mol. The van der Waals surface area contributed by atoms with Crippen molar-refractivity contribution in [2.24, 2.45) is 0 Å². The minimum Gasteiger partial charge on any atom is -0.406 e. The third-order valence-corrected chi connectivity index (χ3v) is 7.80. The molecule has 1 aromatic carbocycles. The maximum atomic E-state index is 12.9. The van der Waals surface area contributed by atoms with Gasteiger partial charge in [-0.25, -0.2) is 0 Å². The van der Waals surface area contributed by atoms with Crippen molar-refractivity contribution in [1.82, 2.24) is 20.1 Å². The number of pyridine rings is 1. The van der Waals surface area contributed by atoms with Crippen LogP contribution >= 0.6 is 0 Å². The highest BCUT2D eigenvalue weighted by molar-refractivity contribution is 5.91. The van der Waals surface area contributed by atoms with Gasteiger partial charge in [-0.05, 0) is 68.9 Å². The number of anilines is 2. The fraction of sp³-hybridized carbons (Fsp3) is 0.519. The van der Waals surface area contributed by atoms with E-state index in [9.17, 15) is 23.2 Å². The molecule has 0 atom stereocenters. The van der Waals surface area contributed by atoms with Crippen molar-refractivity contribution < 1.29 is 17.9 Å². The largest absolute Gasteiger partial charge is 0.573 e. The van der Waals surface area contributed by atoms with E-state index in [4.69, 9.17) is 5.10 Å². The Kier molecular flexibility index (Phi) is 7.34. The molecule has 38 heavy (non-hydrogen) atoms. The minimum absolute atomic E-state index is 0.260. The fourth-order valence-electron chi connectivity index (χ4n) is 5.94. The minimum atomic E-state index is -4.78. The van der Waals surface area contributed by atoms with Crippen molar-refractivity contribution in [2.75, 3.05) is 5.32 Å². The molecule has 0 amide bonds. The van der Waals surface area contributed by atoms with E-state index in [1.165, 1.54) is 56.4 Å². The molecule has 2 fully saturated rings. The lowest BCUT2D eigenvalue weighted by molar-refractivity contribution is -0.274. The van der Waals surface area contributed by atoms with Gasteiger partial charge in [-0.15, -0.1) is 13.2 Å². The first-order chi connectivity index (χ1) is 18.3. The van der Waals surface area contributed by atoms with E-state index in [0.29, 0.717) is 28.7 Å². The van der Waals surface area contributed by atoms with Crippen LogP contribution in [-0.2, 0) is 5.54 Å². The number of ether oxygens (including phenoxy) is 1. The average Bonchev–Trinajstić information content (AvgIpc) is 3.27. The Morgan fingerprint density at radius 3 is 2.42 bits per heavy atom. The lowest BCUT2D eigenvalue weighted by Gasteiger charge is -2.41. The third-order valence-electron chi connectivity index (χ3n) is 7.80. The number of rotatable bonds is 7. The maximum absolute atomic E-state index is 12.9. The second-order valence-corrected chi connectivity index (χ2v) is 10.4. The number of fused-ring (bicyclic) bond motifs is 1. The van der Waals surface area contributed by atoms with Crippen LogP contribution in [-0.4, -0.2) is 33.2 Å². The second kappa shape index (κ2) is 10.7. The SMILES string of the molecule is N#CC[C@]1(n2nc(Nc3ccc(OC(F)(F)F)cc3)c3c(=O)[nH]ccc32)CC[C@H](NC2CCCCC2)CC1. The first-order valence-corrected chi connectivity index (χ1v) is 13.1. The van der Waals surface area contributed by atoms with E-state index in [-0.39, 0.29) is 23.5 Å². The summed E-state index contributed by atoms with van der Waals surface area (Å²) in [7, 11) is 0. The highest BCUT2D eigenvalue weighted by Gasteiger charge is 2.40. The van der Waals surface area contributed by atoms with Gasteiger partial charge >= 0.3 is 6.36 Å². The molecule has 2 aromatic heterocycles. The first kappa shape index (κ1) is 26.1. The maximum Gasteiger partial charge on any atom is 0.573 e. The summed E-state index contributed by atoms with van der Waals surface area (Å²) < 4.78 is 43.3. The summed E-state index contributed by atoms with van der Waals surface area (Å²) in [6.07, 6.45) is 6.62. The van der Waals surface area contributed by atoms with E-state index in [2.05, 4.69) is 26.4 Å². The number of nitriles is 1. The Labute approximate surface area is 218 Å². The number of hydrogen-bond donors (Lipinski definition) is 3. The van der Waals surface area contributed by atoms with Gasteiger partial charge in [-0.2, -0.15) is 10.4 Å². The van der Waals surface area contributed by atoms with Gasteiger partial charge in [-0.3, -0.25) is 9.48 Å². The lowest BCUT2D eigenvalue weighted by Crippen LogP contribution is -2.46. The van der Waals surface area contributed by atoms with Crippen LogP contribution in [0, 0.1) is 11.3 Å². The molecule has 0 radical (unpaired) electrons. The lowest BCUT2D eigenvalue weighted by atomic mass is 9.77. The number of benzene rings is 1. The number of aromatic amines is 1. The summed E-state index contributed by atoms with van der Waals surface area (Å²) in [5, 5.41) is 21.8. The molecule has 8 nitrogen and oxygen atoms in total. The summed E-state index contributed by atoms with van der Waals surface area (Å²) in [4.78, 5) is 15.5. The molecule has 3 N–H and O–H groups in total. The standard InChI is InChI=1S/C27H31F3N6O2/c28-27(29,30)38-21-8-6-19(7-9-21)34-24-23-22(12-17-32-25(23)37)36(35-24)26(15-16-31)13-10-20(11-14-26)33-18-4-2-1-3-5-18/h6-9,12,17-18,20,33H,1-5,10-11,13-15H2,(H,32,37)(H,34,35)/t20-,26-. The van der Waals surface area contributed by atoms with Gasteiger partial charge in [-0.1, -0.05) is 19.3 Å². The molecular formula is C27H31F3N6O2. The molecule has 0 saturated heterocycles. The Hall–Kier alpha value is -3.52. The van der Waals surface area contributed by atoms with E-state index < -0.39 is 11.9 Å². The van der Waals surface area contributed by atoms with Gasteiger partial charge in [0.2, 0.25) is 0 Å². The Morgan fingerprint density at radius 2 is 1.76 bits per heavy atom. The molecule has 0 bridgehead atoms. The second-order valence-electron chi connectivity index (χ2n) is 10.4. The number of nitrogens with one attached hydrogen (secondary N) is 3. The third kappa shape index (κ3) is 5.65. The zero-order valence-electron chi connectivity index (χ0n) is 21.0. The summed E-state index contributed by atoms with van der Waals surface area (Å²) >= 11 is 0. The zero-order chi connectivity index (χ0) is 26.8. The van der Waals surface area contributed by atoms with Gasteiger partial charge in [0.1, 0.15) is 11.1 Å². The number of H-pyrrole nitrogens is 1.